The number of rotatable bonds is 5. The average Bonchev–Trinajstić information content (AvgIpc) is 2.21. The maximum absolute atomic E-state index is 13.2. The SMILES string of the molecule is Cc1ccc(F)cc1CN(CCCl)C1CCC1. The van der Waals surface area contributed by atoms with Crippen LogP contribution in [0, 0.1) is 12.7 Å². The van der Waals surface area contributed by atoms with Gasteiger partial charge in [0.05, 0.1) is 0 Å². The first-order chi connectivity index (χ1) is 8.20. The van der Waals surface area contributed by atoms with Crippen molar-refractivity contribution >= 4 is 11.6 Å². The topological polar surface area (TPSA) is 3.24 Å². The monoisotopic (exact) mass is 255 g/mol. The summed E-state index contributed by atoms with van der Waals surface area (Å²) in [7, 11) is 0. The molecular formula is C14H19ClFN. The van der Waals surface area contributed by atoms with Crippen molar-refractivity contribution in [3.8, 4) is 0 Å². The van der Waals surface area contributed by atoms with Gasteiger partial charge in [0.25, 0.3) is 0 Å². The number of alkyl halides is 1. The standard InChI is InChI=1S/C14H19ClFN/c1-11-5-6-13(16)9-12(11)10-17(8-7-15)14-3-2-4-14/h5-6,9,14H,2-4,7-8,10H2,1H3. The summed E-state index contributed by atoms with van der Waals surface area (Å²) in [5.74, 6) is 0.496. The van der Waals surface area contributed by atoms with E-state index in [9.17, 15) is 4.39 Å². The van der Waals surface area contributed by atoms with Gasteiger partial charge in [0.1, 0.15) is 5.82 Å². The molecule has 1 fully saturated rings. The van der Waals surface area contributed by atoms with Crippen molar-refractivity contribution in [2.45, 2.75) is 38.8 Å². The maximum Gasteiger partial charge on any atom is 0.123 e. The zero-order valence-electron chi connectivity index (χ0n) is 10.3. The minimum absolute atomic E-state index is 0.148. The van der Waals surface area contributed by atoms with E-state index < -0.39 is 0 Å². The number of halogens is 2. The van der Waals surface area contributed by atoms with Crippen molar-refractivity contribution in [3.05, 3.63) is 35.1 Å². The molecule has 17 heavy (non-hydrogen) atoms. The highest BCUT2D eigenvalue weighted by Gasteiger charge is 2.24. The van der Waals surface area contributed by atoms with E-state index in [4.69, 9.17) is 11.6 Å². The Balaban J connectivity index is 2.07. The lowest BCUT2D eigenvalue weighted by molar-refractivity contribution is 0.127. The normalized spacial score (nSPS) is 16.2. The van der Waals surface area contributed by atoms with Crippen LogP contribution in [0.25, 0.3) is 0 Å². The third-order valence-electron chi connectivity index (χ3n) is 3.65. The molecule has 0 aliphatic heterocycles. The molecule has 1 nitrogen and oxygen atoms in total. The largest absolute Gasteiger partial charge is 0.295 e. The molecule has 0 radical (unpaired) electrons. The van der Waals surface area contributed by atoms with Crippen molar-refractivity contribution in [1.82, 2.24) is 4.90 Å². The fraction of sp³-hybridized carbons (Fsp3) is 0.571. The number of hydrogen-bond acceptors (Lipinski definition) is 1. The first-order valence-corrected chi connectivity index (χ1v) is 6.79. The summed E-state index contributed by atoms with van der Waals surface area (Å²) in [6.07, 6.45) is 3.82. The number of hydrogen-bond donors (Lipinski definition) is 0. The summed E-state index contributed by atoms with van der Waals surface area (Å²) < 4.78 is 13.2. The lowest BCUT2D eigenvalue weighted by Crippen LogP contribution is -2.40. The number of nitrogens with zero attached hydrogens (tertiary/aromatic N) is 1. The van der Waals surface area contributed by atoms with Crippen molar-refractivity contribution in [2.24, 2.45) is 0 Å². The number of aryl methyl sites for hydroxylation is 1. The Morgan fingerprint density at radius 3 is 2.76 bits per heavy atom. The summed E-state index contributed by atoms with van der Waals surface area (Å²) in [5.41, 5.74) is 2.24. The van der Waals surface area contributed by atoms with E-state index in [0.29, 0.717) is 11.9 Å². The van der Waals surface area contributed by atoms with Gasteiger partial charge in [-0.25, -0.2) is 4.39 Å². The van der Waals surface area contributed by atoms with Crippen LogP contribution in [0.3, 0.4) is 0 Å². The second kappa shape index (κ2) is 5.83. The fourth-order valence-corrected chi connectivity index (χ4v) is 2.50. The predicted octanol–water partition coefficient (Wildman–Crippen LogP) is 3.73. The molecule has 0 spiro atoms. The third-order valence-corrected chi connectivity index (χ3v) is 3.82. The Morgan fingerprint density at radius 2 is 2.18 bits per heavy atom. The van der Waals surface area contributed by atoms with Gasteiger partial charge in [-0.3, -0.25) is 4.90 Å². The van der Waals surface area contributed by atoms with Crippen molar-refractivity contribution in [3.63, 3.8) is 0 Å². The summed E-state index contributed by atoms with van der Waals surface area (Å²) in [4.78, 5) is 2.39. The zero-order chi connectivity index (χ0) is 12.3. The van der Waals surface area contributed by atoms with Crippen LogP contribution in [-0.2, 0) is 6.54 Å². The zero-order valence-corrected chi connectivity index (χ0v) is 11.0. The van der Waals surface area contributed by atoms with Crippen LogP contribution in [0.2, 0.25) is 0 Å². The van der Waals surface area contributed by atoms with E-state index in [2.05, 4.69) is 4.90 Å². The molecule has 0 saturated heterocycles. The molecule has 0 N–H and O–H groups in total. The molecule has 1 aliphatic rings. The second-order valence-corrected chi connectivity index (χ2v) is 5.19. The summed E-state index contributed by atoms with van der Waals surface area (Å²) in [6, 6.07) is 5.67. The molecule has 0 bridgehead atoms. The van der Waals surface area contributed by atoms with Crippen LogP contribution >= 0.6 is 11.6 Å². The molecule has 1 aromatic carbocycles. The van der Waals surface area contributed by atoms with Crippen molar-refractivity contribution in [2.75, 3.05) is 12.4 Å². The van der Waals surface area contributed by atoms with Gasteiger partial charge in [-0.2, -0.15) is 0 Å². The molecule has 0 aromatic heterocycles. The molecular weight excluding hydrogens is 237 g/mol. The van der Waals surface area contributed by atoms with E-state index in [1.165, 1.54) is 25.3 Å². The molecule has 0 unspecified atom stereocenters. The van der Waals surface area contributed by atoms with Gasteiger partial charge in [0.2, 0.25) is 0 Å². The molecule has 1 aliphatic carbocycles. The highest BCUT2D eigenvalue weighted by atomic mass is 35.5. The highest BCUT2D eigenvalue weighted by Crippen LogP contribution is 2.26. The predicted molar refractivity (Wildman–Crippen MR) is 69.9 cm³/mol. The minimum Gasteiger partial charge on any atom is -0.295 e. The van der Waals surface area contributed by atoms with Crippen LogP contribution in [0.1, 0.15) is 30.4 Å². The lowest BCUT2D eigenvalue weighted by Gasteiger charge is -2.37. The average molecular weight is 256 g/mol. The van der Waals surface area contributed by atoms with Crippen LogP contribution in [0.5, 0.6) is 0 Å². The molecule has 94 valence electrons. The maximum atomic E-state index is 13.2. The molecule has 1 saturated carbocycles. The first-order valence-electron chi connectivity index (χ1n) is 6.25. The van der Waals surface area contributed by atoms with E-state index in [-0.39, 0.29) is 5.82 Å². The summed E-state index contributed by atoms with van der Waals surface area (Å²) in [5, 5.41) is 0. The minimum atomic E-state index is -0.148. The van der Waals surface area contributed by atoms with Crippen LogP contribution in [-0.4, -0.2) is 23.4 Å². The Hall–Kier alpha value is -0.600. The highest BCUT2D eigenvalue weighted by molar-refractivity contribution is 6.18. The van der Waals surface area contributed by atoms with E-state index in [1.54, 1.807) is 6.07 Å². The fourth-order valence-electron chi connectivity index (χ4n) is 2.28. The van der Waals surface area contributed by atoms with Gasteiger partial charge < -0.3 is 0 Å². The van der Waals surface area contributed by atoms with E-state index in [1.807, 2.05) is 13.0 Å². The van der Waals surface area contributed by atoms with Gasteiger partial charge in [-0.1, -0.05) is 12.5 Å². The number of benzene rings is 1. The first kappa shape index (κ1) is 12.8. The van der Waals surface area contributed by atoms with Gasteiger partial charge >= 0.3 is 0 Å². The van der Waals surface area contributed by atoms with Crippen LogP contribution in [0.4, 0.5) is 4.39 Å². The lowest BCUT2D eigenvalue weighted by atomic mass is 9.91. The molecule has 0 atom stereocenters. The van der Waals surface area contributed by atoms with Crippen molar-refractivity contribution < 1.29 is 4.39 Å². The molecule has 3 heteroatoms. The summed E-state index contributed by atoms with van der Waals surface area (Å²) in [6.45, 7) is 3.75. The Labute approximate surface area is 108 Å². The van der Waals surface area contributed by atoms with Crippen LogP contribution < -0.4 is 0 Å². The summed E-state index contributed by atoms with van der Waals surface area (Å²) >= 11 is 5.84. The Bertz CT molecular complexity index is 376. The Kier molecular flexibility index (Phi) is 4.41. The Morgan fingerprint density at radius 1 is 1.41 bits per heavy atom. The molecule has 0 amide bonds. The van der Waals surface area contributed by atoms with Gasteiger partial charge in [-0.15, -0.1) is 11.6 Å². The van der Waals surface area contributed by atoms with Crippen LogP contribution in [0.15, 0.2) is 18.2 Å². The van der Waals surface area contributed by atoms with E-state index >= 15 is 0 Å². The quantitative estimate of drug-likeness (QED) is 0.725. The van der Waals surface area contributed by atoms with Gasteiger partial charge in [0.15, 0.2) is 0 Å². The smallest absolute Gasteiger partial charge is 0.123 e. The van der Waals surface area contributed by atoms with Crippen molar-refractivity contribution in [1.29, 1.82) is 0 Å². The molecule has 0 heterocycles. The van der Waals surface area contributed by atoms with E-state index in [0.717, 1.165) is 24.2 Å². The van der Waals surface area contributed by atoms with Gasteiger partial charge in [-0.05, 0) is 43.0 Å². The second-order valence-electron chi connectivity index (χ2n) is 4.81. The van der Waals surface area contributed by atoms with Gasteiger partial charge in [0, 0.05) is 25.0 Å². The third kappa shape index (κ3) is 3.20. The molecule has 2 rings (SSSR count). The molecule has 1 aromatic rings.